The van der Waals surface area contributed by atoms with E-state index in [-0.39, 0.29) is 0 Å². The molecule has 2 heterocycles. The summed E-state index contributed by atoms with van der Waals surface area (Å²) in [4.78, 5) is 2.93. The highest BCUT2D eigenvalue weighted by atomic mass is 32.1. The van der Waals surface area contributed by atoms with E-state index < -0.39 is 0 Å². The second-order valence-electron chi connectivity index (χ2n) is 2.98. The predicted octanol–water partition coefficient (Wildman–Crippen LogP) is 2.50. The van der Waals surface area contributed by atoms with Gasteiger partial charge >= 0.3 is 0 Å². The Morgan fingerprint density at radius 3 is 3.00 bits per heavy atom. The van der Waals surface area contributed by atoms with Crippen LogP contribution in [-0.4, -0.2) is 9.55 Å². The van der Waals surface area contributed by atoms with E-state index in [1.54, 1.807) is 6.26 Å². The van der Waals surface area contributed by atoms with Gasteiger partial charge < -0.3 is 14.0 Å². The van der Waals surface area contributed by atoms with Crippen LogP contribution in [0.25, 0.3) is 0 Å². The first-order valence-corrected chi connectivity index (χ1v) is 4.44. The van der Waals surface area contributed by atoms with Crippen molar-refractivity contribution in [2.24, 2.45) is 0 Å². The van der Waals surface area contributed by atoms with E-state index in [1.807, 2.05) is 30.0 Å². The normalized spacial score (nSPS) is 10.5. The molecule has 13 heavy (non-hydrogen) atoms. The van der Waals surface area contributed by atoms with Crippen molar-refractivity contribution in [1.82, 2.24) is 9.55 Å². The Morgan fingerprint density at radius 1 is 1.62 bits per heavy atom. The van der Waals surface area contributed by atoms with E-state index in [4.69, 9.17) is 16.6 Å². The smallest absolute Gasteiger partial charge is 0.177 e. The minimum Gasteiger partial charge on any atom is -0.467 e. The van der Waals surface area contributed by atoms with Crippen molar-refractivity contribution >= 4 is 12.2 Å². The van der Waals surface area contributed by atoms with Crippen molar-refractivity contribution in [3.8, 4) is 0 Å². The number of hydrogen-bond donors (Lipinski definition) is 1. The lowest BCUT2D eigenvalue weighted by atomic mass is 10.3. The molecule has 0 aliphatic rings. The molecule has 0 saturated heterocycles. The maximum absolute atomic E-state index is 5.31. The first-order valence-electron chi connectivity index (χ1n) is 4.03. The molecule has 0 bridgehead atoms. The van der Waals surface area contributed by atoms with Gasteiger partial charge in [-0.05, 0) is 30.8 Å². The largest absolute Gasteiger partial charge is 0.467 e. The summed E-state index contributed by atoms with van der Waals surface area (Å²) in [6.45, 7) is 2.69. The number of furan rings is 1. The maximum atomic E-state index is 5.31. The van der Waals surface area contributed by atoms with Crippen LogP contribution in [-0.2, 0) is 6.54 Å². The zero-order valence-corrected chi connectivity index (χ0v) is 8.10. The van der Waals surface area contributed by atoms with Crippen molar-refractivity contribution < 1.29 is 4.42 Å². The summed E-state index contributed by atoms with van der Waals surface area (Å²) in [6, 6.07) is 2.01. The topological polar surface area (TPSA) is 33.9 Å². The average Bonchev–Trinajstić information content (AvgIpc) is 2.64. The fourth-order valence-electron chi connectivity index (χ4n) is 1.22. The van der Waals surface area contributed by atoms with Crippen LogP contribution >= 0.6 is 12.2 Å². The van der Waals surface area contributed by atoms with E-state index in [0.717, 1.165) is 11.3 Å². The Balaban J connectivity index is 2.24. The highest BCUT2D eigenvalue weighted by Gasteiger charge is 1.99. The molecule has 2 aromatic heterocycles. The molecule has 0 unspecified atom stereocenters. The Labute approximate surface area is 81.0 Å². The number of nitrogens with zero attached hydrogens (tertiary/aromatic N) is 1. The maximum Gasteiger partial charge on any atom is 0.177 e. The average molecular weight is 194 g/mol. The van der Waals surface area contributed by atoms with Crippen LogP contribution in [0.15, 0.2) is 29.1 Å². The number of hydrogen-bond acceptors (Lipinski definition) is 2. The minimum absolute atomic E-state index is 0.691. The third-order valence-corrected chi connectivity index (χ3v) is 2.19. The van der Waals surface area contributed by atoms with Gasteiger partial charge in [-0.15, -0.1) is 0 Å². The minimum atomic E-state index is 0.691. The van der Waals surface area contributed by atoms with Crippen LogP contribution in [0.2, 0.25) is 0 Å². The molecule has 0 spiro atoms. The SMILES string of the molecule is Cc1coc(Cn2cc[nH]c2=S)c1. The summed E-state index contributed by atoms with van der Waals surface area (Å²) in [5.41, 5.74) is 1.14. The second kappa shape index (κ2) is 3.22. The lowest BCUT2D eigenvalue weighted by Crippen LogP contribution is -1.96. The van der Waals surface area contributed by atoms with Crippen LogP contribution in [0.4, 0.5) is 0 Å². The molecule has 68 valence electrons. The number of rotatable bonds is 2. The molecular formula is C9H10N2OS. The van der Waals surface area contributed by atoms with E-state index in [0.29, 0.717) is 11.3 Å². The molecule has 3 nitrogen and oxygen atoms in total. The van der Waals surface area contributed by atoms with E-state index >= 15 is 0 Å². The molecule has 0 atom stereocenters. The van der Waals surface area contributed by atoms with E-state index in [1.165, 1.54) is 0 Å². The lowest BCUT2D eigenvalue weighted by Gasteiger charge is -1.96. The molecular weight excluding hydrogens is 184 g/mol. The monoisotopic (exact) mass is 194 g/mol. The van der Waals surface area contributed by atoms with Gasteiger partial charge in [-0.25, -0.2) is 0 Å². The molecule has 1 N–H and O–H groups in total. The van der Waals surface area contributed by atoms with Gasteiger partial charge in [-0.2, -0.15) is 0 Å². The highest BCUT2D eigenvalue weighted by molar-refractivity contribution is 7.71. The molecule has 0 aliphatic carbocycles. The van der Waals surface area contributed by atoms with Crippen LogP contribution in [0.1, 0.15) is 11.3 Å². The second-order valence-corrected chi connectivity index (χ2v) is 3.37. The van der Waals surface area contributed by atoms with Gasteiger partial charge in [0.2, 0.25) is 0 Å². The summed E-state index contributed by atoms with van der Waals surface area (Å²) in [5.74, 6) is 0.924. The van der Waals surface area contributed by atoms with E-state index in [2.05, 4.69) is 4.98 Å². The summed E-state index contributed by atoms with van der Waals surface area (Å²) in [6.07, 6.45) is 5.46. The van der Waals surface area contributed by atoms with Gasteiger partial charge in [0.05, 0.1) is 12.8 Å². The number of nitrogens with one attached hydrogen (secondary N) is 1. The third-order valence-electron chi connectivity index (χ3n) is 1.83. The molecule has 0 radical (unpaired) electrons. The predicted molar refractivity (Wildman–Crippen MR) is 52.2 cm³/mol. The molecule has 0 aliphatic heterocycles. The van der Waals surface area contributed by atoms with Crippen molar-refractivity contribution in [3.63, 3.8) is 0 Å². The zero-order valence-electron chi connectivity index (χ0n) is 7.28. The quantitative estimate of drug-likeness (QED) is 0.745. The van der Waals surface area contributed by atoms with Crippen LogP contribution in [0.3, 0.4) is 0 Å². The first-order chi connectivity index (χ1) is 6.25. The summed E-state index contributed by atoms with van der Waals surface area (Å²) in [7, 11) is 0. The van der Waals surface area contributed by atoms with Crippen molar-refractivity contribution in [2.75, 3.05) is 0 Å². The van der Waals surface area contributed by atoms with Crippen LogP contribution in [0, 0.1) is 11.7 Å². The highest BCUT2D eigenvalue weighted by Crippen LogP contribution is 2.08. The summed E-state index contributed by atoms with van der Waals surface area (Å²) < 4.78 is 7.95. The summed E-state index contributed by atoms with van der Waals surface area (Å²) >= 11 is 5.06. The molecule has 0 fully saturated rings. The number of aryl methyl sites for hydroxylation is 1. The van der Waals surface area contributed by atoms with Gasteiger partial charge in [0.15, 0.2) is 4.77 Å². The fraction of sp³-hybridized carbons (Fsp3) is 0.222. The van der Waals surface area contributed by atoms with Crippen molar-refractivity contribution in [3.05, 3.63) is 40.8 Å². The summed E-state index contributed by atoms with van der Waals surface area (Å²) in [5, 5.41) is 0. The molecule has 0 saturated carbocycles. The first kappa shape index (κ1) is 8.31. The van der Waals surface area contributed by atoms with Crippen LogP contribution in [0.5, 0.6) is 0 Å². The van der Waals surface area contributed by atoms with Gasteiger partial charge in [-0.1, -0.05) is 0 Å². The number of aromatic amines is 1. The molecule has 0 aromatic carbocycles. The van der Waals surface area contributed by atoms with Crippen molar-refractivity contribution in [2.45, 2.75) is 13.5 Å². The number of imidazole rings is 1. The number of aromatic nitrogens is 2. The Kier molecular flexibility index (Phi) is 2.06. The van der Waals surface area contributed by atoms with Gasteiger partial charge in [0, 0.05) is 12.4 Å². The number of H-pyrrole nitrogens is 1. The fourth-order valence-corrected chi connectivity index (χ4v) is 1.41. The lowest BCUT2D eigenvalue weighted by molar-refractivity contribution is 0.491. The standard InChI is InChI=1S/C9H10N2OS/c1-7-4-8(12-6-7)5-11-3-2-10-9(11)13/h2-4,6H,5H2,1H3,(H,10,13). The molecule has 4 heteroatoms. The van der Waals surface area contributed by atoms with Gasteiger partial charge in [0.25, 0.3) is 0 Å². The molecule has 2 rings (SSSR count). The van der Waals surface area contributed by atoms with Gasteiger partial charge in [-0.3, -0.25) is 0 Å². The Hall–Kier alpha value is -1.29. The van der Waals surface area contributed by atoms with Crippen LogP contribution < -0.4 is 0 Å². The van der Waals surface area contributed by atoms with Gasteiger partial charge in [0.1, 0.15) is 5.76 Å². The third kappa shape index (κ3) is 1.72. The molecule has 2 aromatic rings. The van der Waals surface area contributed by atoms with Crippen molar-refractivity contribution in [1.29, 1.82) is 0 Å². The zero-order chi connectivity index (χ0) is 9.26. The molecule has 0 amide bonds. The Bertz CT molecular complexity index is 452. The Morgan fingerprint density at radius 2 is 2.46 bits per heavy atom. The van der Waals surface area contributed by atoms with E-state index in [9.17, 15) is 0 Å².